The third-order valence-corrected chi connectivity index (χ3v) is 4.94. The van der Waals surface area contributed by atoms with Gasteiger partial charge < -0.3 is 9.40 Å². The number of para-hydroxylation sites is 1. The first-order valence-electron chi connectivity index (χ1n) is 8.16. The fourth-order valence-corrected chi connectivity index (χ4v) is 3.32. The molecule has 1 atom stereocenters. The molecule has 26 heavy (non-hydrogen) atoms. The molecule has 0 saturated carbocycles. The lowest BCUT2D eigenvalue weighted by Gasteiger charge is -2.08. The van der Waals surface area contributed by atoms with Gasteiger partial charge in [0.15, 0.2) is 0 Å². The molecule has 0 saturated heterocycles. The average molecular weight is 364 g/mol. The standard InChI is InChI=1S/C19H16N4O2S/c1-11-7-9-13(10-8-11)18-22-23-19(25-18)26-12(2)16-20-15-6-4-3-5-14(15)17(24)21-16/h3-10,12H,1-2H3,(H,20,21,24)/t12-/m1/s1. The Kier molecular flexibility index (Phi) is 4.30. The Morgan fingerprint density at radius 2 is 1.85 bits per heavy atom. The SMILES string of the molecule is Cc1ccc(-c2nnc(S[C@H](C)c3nc4ccccc4c(=O)[nH]3)o2)cc1. The van der Waals surface area contributed by atoms with Crippen molar-refractivity contribution < 1.29 is 4.42 Å². The Morgan fingerprint density at radius 1 is 1.08 bits per heavy atom. The van der Waals surface area contributed by atoms with Crippen molar-refractivity contribution in [2.45, 2.75) is 24.3 Å². The van der Waals surface area contributed by atoms with E-state index >= 15 is 0 Å². The van der Waals surface area contributed by atoms with Crippen LogP contribution in [-0.2, 0) is 0 Å². The summed E-state index contributed by atoms with van der Waals surface area (Å²) in [5.74, 6) is 1.05. The van der Waals surface area contributed by atoms with Gasteiger partial charge in [0.05, 0.1) is 16.2 Å². The largest absolute Gasteiger partial charge is 0.411 e. The van der Waals surface area contributed by atoms with Gasteiger partial charge in [-0.25, -0.2) is 4.98 Å². The van der Waals surface area contributed by atoms with E-state index in [1.165, 1.54) is 17.3 Å². The molecule has 130 valence electrons. The van der Waals surface area contributed by atoms with Gasteiger partial charge in [-0.3, -0.25) is 4.79 Å². The third kappa shape index (κ3) is 3.25. The highest BCUT2D eigenvalue weighted by atomic mass is 32.2. The number of fused-ring (bicyclic) bond motifs is 1. The zero-order valence-electron chi connectivity index (χ0n) is 14.3. The first kappa shape index (κ1) is 16.5. The van der Waals surface area contributed by atoms with Gasteiger partial charge in [0.25, 0.3) is 10.8 Å². The Bertz CT molecular complexity index is 1120. The summed E-state index contributed by atoms with van der Waals surface area (Å²) in [7, 11) is 0. The molecular weight excluding hydrogens is 348 g/mol. The average Bonchev–Trinajstić information content (AvgIpc) is 3.10. The molecule has 0 fully saturated rings. The van der Waals surface area contributed by atoms with Gasteiger partial charge in [0.1, 0.15) is 5.82 Å². The van der Waals surface area contributed by atoms with E-state index in [1.54, 1.807) is 6.07 Å². The highest BCUT2D eigenvalue weighted by molar-refractivity contribution is 7.99. The zero-order valence-corrected chi connectivity index (χ0v) is 15.1. The van der Waals surface area contributed by atoms with Gasteiger partial charge in [-0.1, -0.05) is 41.6 Å². The third-order valence-electron chi connectivity index (χ3n) is 4.00. The minimum absolute atomic E-state index is 0.140. The van der Waals surface area contributed by atoms with Crippen LogP contribution >= 0.6 is 11.8 Å². The molecule has 1 N–H and O–H groups in total. The first-order chi connectivity index (χ1) is 12.6. The maximum absolute atomic E-state index is 12.2. The molecule has 4 aromatic rings. The topological polar surface area (TPSA) is 84.7 Å². The molecule has 0 aliphatic rings. The van der Waals surface area contributed by atoms with Gasteiger partial charge in [-0.2, -0.15) is 0 Å². The summed E-state index contributed by atoms with van der Waals surface area (Å²) >= 11 is 1.36. The lowest BCUT2D eigenvalue weighted by Crippen LogP contribution is -2.12. The van der Waals surface area contributed by atoms with Crippen LogP contribution in [0.2, 0.25) is 0 Å². The van der Waals surface area contributed by atoms with Crippen molar-refractivity contribution >= 4 is 22.7 Å². The van der Waals surface area contributed by atoms with Crippen molar-refractivity contribution in [1.29, 1.82) is 0 Å². The van der Waals surface area contributed by atoms with Crippen molar-refractivity contribution in [3.05, 3.63) is 70.3 Å². The van der Waals surface area contributed by atoms with E-state index in [-0.39, 0.29) is 10.8 Å². The predicted molar refractivity (Wildman–Crippen MR) is 101 cm³/mol. The summed E-state index contributed by atoms with van der Waals surface area (Å²) in [5, 5.41) is 9.06. The monoisotopic (exact) mass is 364 g/mol. The van der Waals surface area contributed by atoms with Gasteiger partial charge >= 0.3 is 0 Å². The Hall–Kier alpha value is -2.93. The molecule has 0 amide bonds. The lowest BCUT2D eigenvalue weighted by atomic mass is 10.1. The number of hydrogen-bond acceptors (Lipinski definition) is 6. The van der Waals surface area contributed by atoms with E-state index in [0.29, 0.717) is 27.8 Å². The number of H-pyrrole nitrogens is 1. The molecule has 2 aromatic heterocycles. The van der Waals surface area contributed by atoms with Crippen LogP contribution in [0.4, 0.5) is 0 Å². The van der Waals surface area contributed by atoms with Gasteiger partial charge in [0, 0.05) is 5.56 Å². The molecule has 0 radical (unpaired) electrons. The van der Waals surface area contributed by atoms with E-state index in [9.17, 15) is 4.79 Å². The summed E-state index contributed by atoms with van der Waals surface area (Å²) in [6.45, 7) is 3.96. The Morgan fingerprint density at radius 3 is 2.65 bits per heavy atom. The number of benzene rings is 2. The van der Waals surface area contributed by atoms with Crippen LogP contribution in [0.1, 0.15) is 23.6 Å². The van der Waals surface area contributed by atoms with Crippen LogP contribution in [0.15, 0.2) is 63.0 Å². The summed E-state index contributed by atoms with van der Waals surface area (Å²) in [6, 6.07) is 15.2. The Balaban J connectivity index is 1.58. The van der Waals surface area contributed by atoms with Crippen LogP contribution in [0, 0.1) is 6.92 Å². The Labute approximate surface area is 153 Å². The maximum atomic E-state index is 12.2. The van der Waals surface area contributed by atoms with E-state index in [0.717, 1.165) is 5.56 Å². The van der Waals surface area contributed by atoms with Crippen LogP contribution in [0.3, 0.4) is 0 Å². The van der Waals surface area contributed by atoms with Crippen LogP contribution < -0.4 is 5.56 Å². The van der Waals surface area contributed by atoms with Crippen LogP contribution in [-0.4, -0.2) is 20.2 Å². The van der Waals surface area contributed by atoms with E-state index < -0.39 is 0 Å². The van der Waals surface area contributed by atoms with E-state index in [1.807, 2.05) is 56.3 Å². The maximum Gasteiger partial charge on any atom is 0.277 e. The number of aromatic nitrogens is 4. The molecule has 7 heteroatoms. The number of hydrogen-bond donors (Lipinski definition) is 1. The smallest absolute Gasteiger partial charge is 0.277 e. The van der Waals surface area contributed by atoms with Crippen molar-refractivity contribution in [1.82, 2.24) is 20.2 Å². The number of nitrogens with one attached hydrogen (secondary N) is 1. The number of thioether (sulfide) groups is 1. The van der Waals surface area contributed by atoms with E-state index in [4.69, 9.17) is 4.42 Å². The number of aromatic amines is 1. The number of rotatable bonds is 4. The molecule has 2 aromatic carbocycles. The van der Waals surface area contributed by atoms with Crippen LogP contribution in [0.5, 0.6) is 0 Å². The highest BCUT2D eigenvalue weighted by Crippen LogP contribution is 2.33. The van der Waals surface area contributed by atoms with E-state index in [2.05, 4.69) is 20.2 Å². The van der Waals surface area contributed by atoms with Crippen molar-refractivity contribution in [2.24, 2.45) is 0 Å². The summed E-state index contributed by atoms with van der Waals surface area (Å²) in [6.07, 6.45) is 0. The predicted octanol–water partition coefficient (Wildman–Crippen LogP) is 4.13. The second-order valence-corrected chi connectivity index (χ2v) is 7.26. The molecule has 0 bridgehead atoms. The normalized spacial score (nSPS) is 12.4. The molecule has 6 nitrogen and oxygen atoms in total. The minimum atomic E-state index is -0.149. The lowest BCUT2D eigenvalue weighted by molar-refractivity contribution is 0.465. The molecule has 0 spiro atoms. The van der Waals surface area contributed by atoms with Crippen molar-refractivity contribution in [3.63, 3.8) is 0 Å². The molecule has 0 aliphatic carbocycles. The van der Waals surface area contributed by atoms with Crippen molar-refractivity contribution in [3.8, 4) is 11.5 Å². The number of aryl methyl sites for hydroxylation is 1. The fraction of sp³-hybridized carbons (Fsp3) is 0.158. The quantitative estimate of drug-likeness (QED) is 0.548. The molecule has 0 unspecified atom stereocenters. The zero-order chi connectivity index (χ0) is 18.1. The van der Waals surface area contributed by atoms with Crippen LogP contribution in [0.25, 0.3) is 22.4 Å². The fourth-order valence-electron chi connectivity index (χ4n) is 2.57. The number of nitrogens with zero attached hydrogens (tertiary/aromatic N) is 3. The van der Waals surface area contributed by atoms with Gasteiger partial charge in [0.2, 0.25) is 5.89 Å². The molecule has 0 aliphatic heterocycles. The molecule has 4 rings (SSSR count). The second-order valence-electron chi connectivity index (χ2n) is 5.97. The second kappa shape index (κ2) is 6.76. The highest BCUT2D eigenvalue weighted by Gasteiger charge is 2.17. The summed E-state index contributed by atoms with van der Waals surface area (Å²) in [5.41, 5.74) is 2.57. The van der Waals surface area contributed by atoms with Gasteiger partial charge in [-0.05, 0) is 38.1 Å². The minimum Gasteiger partial charge on any atom is -0.411 e. The summed E-state index contributed by atoms with van der Waals surface area (Å²) < 4.78 is 5.74. The molecular formula is C19H16N4O2S. The van der Waals surface area contributed by atoms with Gasteiger partial charge in [-0.15, -0.1) is 10.2 Å². The first-order valence-corrected chi connectivity index (χ1v) is 9.04. The summed E-state index contributed by atoms with van der Waals surface area (Å²) in [4.78, 5) is 19.6. The molecule has 2 heterocycles. The van der Waals surface area contributed by atoms with Crippen molar-refractivity contribution in [2.75, 3.05) is 0 Å².